The first-order chi connectivity index (χ1) is 10.5. The largest absolute Gasteiger partial charge is 0.294 e. The first-order valence-corrected chi connectivity index (χ1v) is 7.45. The molecular weight excluding hydrogens is 276 g/mol. The Balaban J connectivity index is 2.03. The lowest BCUT2D eigenvalue weighted by Gasteiger charge is -2.16. The Bertz CT molecular complexity index is 891. The standard InChI is InChI=1S/C17H20N4O/c1-11-6-5-7-15-16(11)17(22)20(10-18-15)14(4)9-21-13(3)8-12(2)19-21/h5-8,10,14H,9H2,1-4H3. The Labute approximate surface area is 129 Å². The topological polar surface area (TPSA) is 52.7 Å². The van der Waals surface area contributed by atoms with Crippen molar-refractivity contribution in [2.45, 2.75) is 40.3 Å². The van der Waals surface area contributed by atoms with Crippen molar-refractivity contribution in [3.8, 4) is 0 Å². The molecule has 0 amide bonds. The van der Waals surface area contributed by atoms with E-state index in [0.717, 1.165) is 22.5 Å². The molecule has 3 aromatic rings. The number of rotatable bonds is 3. The molecule has 0 spiro atoms. The maximum Gasteiger partial charge on any atom is 0.261 e. The van der Waals surface area contributed by atoms with Gasteiger partial charge in [-0.25, -0.2) is 4.98 Å². The Hall–Kier alpha value is -2.43. The lowest BCUT2D eigenvalue weighted by Crippen LogP contribution is -2.27. The highest BCUT2D eigenvalue weighted by molar-refractivity contribution is 5.80. The summed E-state index contributed by atoms with van der Waals surface area (Å²) in [5.41, 5.74) is 3.81. The van der Waals surface area contributed by atoms with Crippen LogP contribution in [0.4, 0.5) is 0 Å². The lowest BCUT2D eigenvalue weighted by molar-refractivity contribution is 0.419. The molecule has 0 N–H and O–H groups in total. The summed E-state index contributed by atoms with van der Waals surface area (Å²) in [6, 6.07) is 7.77. The first kappa shape index (κ1) is 14.5. The summed E-state index contributed by atoms with van der Waals surface area (Å²) in [6.45, 7) is 8.61. The van der Waals surface area contributed by atoms with Crippen LogP contribution >= 0.6 is 0 Å². The molecule has 0 fully saturated rings. The summed E-state index contributed by atoms with van der Waals surface area (Å²) >= 11 is 0. The summed E-state index contributed by atoms with van der Waals surface area (Å²) in [5, 5.41) is 5.17. The van der Waals surface area contributed by atoms with E-state index in [-0.39, 0.29) is 11.6 Å². The SMILES string of the molecule is Cc1cc(C)n(CC(C)n2cnc3cccc(C)c3c2=O)n1. The molecule has 1 unspecified atom stereocenters. The predicted molar refractivity (Wildman–Crippen MR) is 87.2 cm³/mol. The molecule has 5 nitrogen and oxygen atoms in total. The van der Waals surface area contributed by atoms with Crippen LogP contribution in [-0.2, 0) is 6.54 Å². The molecule has 0 aliphatic carbocycles. The van der Waals surface area contributed by atoms with Gasteiger partial charge in [-0.2, -0.15) is 5.10 Å². The average Bonchev–Trinajstić information content (AvgIpc) is 2.77. The zero-order valence-corrected chi connectivity index (χ0v) is 13.4. The van der Waals surface area contributed by atoms with E-state index in [2.05, 4.69) is 10.1 Å². The minimum atomic E-state index is -0.0120. The highest BCUT2D eigenvalue weighted by atomic mass is 16.1. The molecule has 0 aliphatic heterocycles. The number of aromatic nitrogens is 4. The van der Waals surface area contributed by atoms with Crippen molar-refractivity contribution in [1.29, 1.82) is 0 Å². The molecule has 5 heteroatoms. The lowest BCUT2D eigenvalue weighted by atomic mass is 10.1. The van der Waals surface area contributed by atoms with Gasteiger partial charge < -0.3 is 0 Å². The monoisotopic (exact) mass is 296 g/mol. The number of aryl methyl sites for hydroxylation is 3. The third kappa shape index (κ3) is 2.43. The Morgan fingerprint density at radius 3 is 2.68 bits per heavy atom. The van der Waals surface area contributed by atoms with Crippen LogP contribution in [0, 0.1) is 20.8 Å². The van der Waals surface area contributed by atoms with Crippen molar-refractivity contribution in [2.75, 3.05) is 0 Å². The molecule has 0 aliphatic rings. The third-order valence-electron chi connectivity index (χ3n) is 4.04. The number of benzene rings is 1. The van der Waals surface area contributed by atoms with Gasteiger partial charge in [0.1, 0.15) is 0 Å². The van der Waals surface area contributed by atoms with Gasteiger partial charge in [0.15, 0.2) is 0 Å². The van der Waals surface area contributed by atoms with E-state index in [1.54, 1.807) is 10.9 Å². The van der Waals surface area contributed by atoms with Crippen LogP contribution in [-0.4, -0.2) is 19.3 Å². The fourth-order valence-electron chi connectivity index (χ4n) is 2.86. The van der Waals surface area contributed by atoms with Gasteiger partial charge in [0.05, 0.1) is 35.5 Å². The van der Waals surface area contributed by atoms with Gasteiger partial charge >= 0.3 is 0 Å². The fraction of sp³-hybridized carbons (Fsp3) is 0.353. The van der Waals surface area contributed by atoms with Crippen LogP contribution in [0.1, 0.15) is 29.9 Å². The van der Waals surface area contributed by atoms with E-state index in [9.17, 15) is 4.79 Å². The van der Waals surface area contributed by atoms with Crippen LogP contribution in [0.2, 0.25) is 0 Å². The first-order valence-electron chi connectivity index (χ1n) is 7.45. The van der Waals surface area contributed by atoms with E-state index >= 15 is 0 Å². The van der Waals surface area contributed by atoms with Crippen molar-refractivity contribution in [3.05, 3.63) is 57.9 Å². The fourth-order valence-corrected chi connectivity index (χ4v) is 2.86. The molecule has 1 aromatic carbocycles. The Morgan fingerprint density at radius 2 is 2.00 bits per heavy atom. The highest BCUT2D eigenvalue weighted by Crippen LogP contribution is 2.14. The molecule has 0 saturated carbocycles. The van der Waals surface area contributed by atoms with E-state index < -0.39 is 0 Å². The summed E-state index contributed by atoms with van der Waals surface area (Å²) in [5.74, 6) is 0. The van der Waals surface area contributed by atoms with Crippen molar-refractivity contribution < 1.29 is 0 Å². The maximum atomic E-state index is 12.8. The molecular formula is C17H20N4O. The van der Waals surface area contributed by atoms with Crippen molar-refractivity contribution >= 4 is 10.9 Å². The minimum absolute atomic E-state index is 0.0112. The molecule has 0 radical (unpaired) electrons. The Morgan fingerprint density at radius 1 is 1.23 bits per heavy atom. The maximum absolute atomic E-state index is 12.8. The van der Waals surface area contributed by atoms with Crippen molar-refractivity contribution in [1.82, 2.24) is 19.3 Å². The van der Waals surface area contributed by atoms with Crippen LogP contribution < -0.4 is 5.56 Å². The van der Waals surface area contributed by atoms with Crippen LogP contribution in [0.3, 0.4) is 0 Å². The van der Waals surface area contributed by atoms with Crippen molar-refractivity contribution in [3.63, 3.8) is 0 Å². The second-order valence-corrected chi connectivity index (χ2v) is 5.88. The van der Waals surface area contributed by atoms with E-state index in [4.69, 9.17) is 0 Å². The van der Waals surface area contributed by atoms with Gasteiger partial charge in [-0.3, -0.25) is 14.0 Å². The summed E-state index contributed by atoms with van der Waals surface area (Å²) in [7, 11) is 0. The summed E-state index contributed by atoms with van der Waals surface area (Å²) in [4.78, 5) is 17.2. The van der Waals surface area contributed by atoms with Gasteiger partial charge in [0, 0.05) is 5.69 Å². The zero-order chi connectivity index (χ0) is 15.9. The van der Waals surface area contributed by atoms with Gasteiger partial charge in [-0.05, 0) is 45.4 Å². The van der Waals surface area contributed by atoms with Crippen LogP contribution in [0.5, 0.6) is 0 Å². The molecule has 1 atom stereocenters. The number of hydrogen-bond donors (Lipinski definition) is 0. The summed E-state index contributed by atoms with van der Waals surface area (Å²) in [6.07, 6.45) is 1.64. The van der Waals surface area contributed by atoms with E-state index in [1.165, 1.54) is 0 Å². The molecule has 2 aromatic heterocycles. The zero-order valence-electron chi connectivity index (χ0n) is 13.4. The Kier molecular flexibility index (Phi) is 3.56. The predicted octanol–water partition coefficient (Wildman–Crippen LogP) is 2.78. The third-order valence-corrected chi connectivity index (χ3v) is 4.04. The van der Waals surface area contributed by atoms with E-state index in [0.29, 0.717) is 11.9 Å². The van der Waals surface area contributed by atoms with E-state index in [1.807, 2.05) is 56.6 Å². The average molecular weight is 296 g/mol. The van der Waals surface area contributed by atoms with Crippen LogP contribution in [0.25, 0.3) is 10.9 Å². The molecule has 22 heavy (non-hydrogen) atoms. The second kappa shape index (κ2) is 5.40. The highest BCUT2D eigenvalue weighted by Gasteiger charge is 2.13. The molecule has 3 rings (SSSR count). The van der Waals surface area contributed by atoms with Gasteiger partial charge in [0.25, 0.3) is 5.56 Å². The smallest absolute Gasteiger partial charge is 0.261 e. The van der Waals surface area contributed by atoms with Gasteiger partial charge in [-0.15, -0.1) is 0 Å². The van der Waals surface area contributed by atoms with Gasteiger partial charge in [0.2, 0.25) is 0 Å². The molecule has 0 bridgehead atoms. The normalized spacial score (nSPS) is 12.7. The second-order valence-electron chi connectivity index (χ2n) is 5.88. The van der Waals surface area contributed by atoms with Crippen molar-refractivity contribution in [2.24, 2.45) is 0 Å². The number of hydrogen-bond acceptors (Lipinski definition) is 3. The quantitative estimate of drug-likeness (QED) is 0.747. The summed E-state index contributed by atoms with van der Waals surface area (Å²) < 4.78 is 3.64. The number of fused-ring (bicyclic) bond motifs is 1. The van der Waals surface area contributed by atoms with Crippen LogP contribution in [0.15, 0.2) is 35.4 Å². The number of nitrogens with zero attached hydrogens (tertiary/aromatic N) is 4. The molecule has 114 valence electrons. The molecule has 2 heterocycles. The van der Waals surface area contributed by atoms with Gasteiger partial charge in [-0.1, -0.05) is 12.1 Å². The minimum Gasteiger partial charge on any atom is -0.294 e. The molecule has 0 saturated heterocycles.